The Morgan fingerprint density at radius 1 is 0.815 bits per heavy atom. The molecule has 0 aromatic heterocycles. The fourth-order valence-corrected chi connectivity index (χ4v) is 3.30. The third kappa shape index (κ3) is 12.6. The van der Waals surface area contributed by atoms with E-state index < -0.39 is 0 Å². The molecule has 0 fully saturated rings. The van der Waals surface area contributed by atoms with E-state index in [9.17, 15) is 4.79 Å². The molecule has 1 aromatic carbocycles. The summed E-state index contributed by atoms with van der Waals surface area (Å²) in [7, 11) is 1.66. The molecule has 0 saturated carbocycles. The van der Waals surface area contributed by atoms with Crippen molar-refractivity contribution in [1.29, 1.82) is 0 Å². The van der Waals surface area contributed by atoms with Crippen LogP contribution in [0.25, 0.3) is 0 Å². The van der Waals surface area contributed by atoms with Crippen LogP contribution in [0.2, 0.25) is 0 Å². The quantitative estimate of drug-likeness (QED) is 0.207. The van der Waals surface area contributed by atoms with Crippen LogP contribution in [-0.4, -0.2) is 19.5 Å². The van der Waals surface area contributed by atoms with Gasteiger partial charge in [-0.3, -0.25) is 0 Å². The van der Waals surface area contributed by atoms with E-state index in [0.29, 0.717) is 6.61 Å². The van der Waals surface area contributed by atoms with Gasteiger partial charge in [0, 0.05) is 0 Å². The van der Waals surface area contributed by atoms with E-state index in [0.717, 1.165) is 30.4 Å². The maximum absolute atomic E-state index is 11.2. The molecule has 3 heteroatoms. The Labute approximate surface area is 166 Å². The number of carbonyl (C=O) groups is 1. The summed E-state index contributed by atoms with van der Waals surface area (Å²) in [6, 6.07) is 7.79. The number of benzene rings is 1. The van der Waals surface area contributed by atoms with Gasteiger partial charge in [-0.25, -0.2) is 0 Å². The lowest BCUT2D eigenvalue weighted by Crippen LogP contribution is -2.14. The van der Waals surface area contributed by atoms with Crippen molar-refractivity contribution in [2.75, 3.05) is 7.11 Å². The minimum Gasteiger partial charge on any atom is -0.497 e. The summed E-state index contributed by atoms with van der Waals surface area (Å²) in [6.07, 6.45) is 17.5. The topological polar surface area (TPSA) is 35.5 Å². The molecule has 27 heavy (non-hydrogen) atoms. The predicted octanol–water partition coefficient (Wildman–Crippen LogP) is 6.87. The fourth-order valence-electron chi connectivity index (χ4n) is 3.30. The predicted molar refractivity (Wildman–Crippen MR) is 113 cm³/mol. The number of aldehydes is 1. The molecule has 0 N–H and O–H groups in total. The van der Waals surface area contributed by atoms with Crippen LogP contribution in [0.1, 0.15) is 96.0 Å². The van der Waals surface area contributed by atoms with Crippen molar-refractivity contribution in [3.8, 4) is 5.75 Å². The van der Waals surface area contributed by atoms with Crippen LogP contribution in [-0.2, 0) is 16.1 Å². The smallest absolute Gasteiger partial charge is 0.148 e. The van der Waals surface area contributed by atoms with Gasteiger partial charge in [0.15, 0.2) is 0 Å². The number of unbranched alkanes of at least 4 members (excludes halogenated alkanes) is 11. The molecule has 0 aliphatic carbocycles. The van der Waals surface area contributed by atoms with Gasteiger partial charge in [0.25, 0.3) is 0 Å². The normalized spacial score (nSPS) is 12.1. The first-order valence-corrected chi connectivity index (χ1v) is 11.0. The van der Waals surface area contributed by atoms with E-state index in [-0.39, 0.29) is 6.10 Å². The average Bonchev–Trinajstić information content (AvgIpc) is 2.71. The molecule has 1 aromatic rings. The highest BCUT2D eigenvalue weighted by molar-refractivity contribution is 5.55. The average molecular weight is 377 g/mol. The van der Waals surface area contributed by atoms with Crippen LogP contribution in [0, 0.1) is 0 Å². The van der Waals surface area contributed by atoms with E-state index in [4.69, 9.17) is 9.47 Å². The SMILES string of the molecule is CCCCCCCCCCCCCC[C@H](C=O)OCc1ccc(OC)cc1. The van der Waals surface area contributed by atoms with Crippen LogP contribution in [0.5, 0.6) is 5.75 Å². The van der Waals surface area contributed by atoms with Crippen LogP contribution in [0.15, 0.2) is 24.3 Å². The summed E-state index contributed by atoms with van der Waals surface area (Å²) < 4.78 is 10.9. The van der Waals surface area contributed by atoms with Gasteiger partial charge in [-0.2, -0.15) is 0 Å². The van der Waals surface area contributed by atoms with Crippen LogP contribution >= 0.6 is 0 Å². The molecule has 0 unspecified atom stereocenters. The first kappa shape index (κ1) is 23.7. The molecule has 1 rings (SSSR count). The van der Waals surface area contributed by atoms with Crippen molar-refractivity contribution in [1.82, 2.24) is 0 Å². The van der Waals surface area contributed by atoms with Gasteiger partial charge in [0.05, 0.1) is 13.7 Å². The van der Waals surface area contributed by atoms with Gasteiger partial charge in [-0.05, 0) is 24.1 Å². The molecule has 1 atom stereocenters. The number of ether oxygens (including phenoxy) is 2. The van der Waals surface area contributed by atoms with E-state index >= 15 is 0 Å². The lowest BCUT2D eigenvalue weighted by molar-refractivity contribution is -0.119. The number of carbonyl (C=O) groups excluding carboxylic acids is 1. The lowest BCUT2D eigenvalue weighted by Gasteiger charge is -2.12. The minimum absolute atomic E-state index is 0.282. The van der Waals surface area contributed by atoms with Gasteiger partial charge < -0.3 is 14.3 Å². The standard InChI is InChI=1S/C24H40O3/c1-3-4-5-6-7-8-9-10-11-12-13-14-15-24(20-25)27-21-22-16-18-23(26-2)19-17-22/h16-20,24H,3-15,21H2,1-2H3/t24-/m1/s1. The van der Waals surface area contributed by atoms with Gasteiger partial charge in [-0.15, -0.1) is 0 Å². The van der Waals surface area contributed by atoms with Crippen LogP contribution < -0.4 is 4.74 Å². The zero-order valence-electron chi connectivity index (χ0n) is 17.6. The first-order valence-electron chi connectivity index (χ1n) is 11.0. The Kier molecular flexibility index (Phi) is 14.7. The van der Waals surface area contributed by atoms with E-state index in [1.807, 2.05) is 24.3 Å². The maximum atomic E-state index is 11.2. The monoisotopic (exact) mass is 376 g/mol. The third-order valence-electron chi connectivity index (χ3n) is 5.12. The largest absolute Gasteiger partial charge is 0.497 e. The Hall–Kier alpha value is -1.35. The van der Waals surface area contributed by atoms with E-state index in [2.05, 4.69) is 6.92 Å². The van der Waals surface area contributed by atoms with Crippen molar-refractivity contribution < 1.29 is 14.3 Å². The number of hydrogen-bond acceptors (Lipinski definition) is 3. The van der Waals surface area contributed by atoms with Crippen molar-refractivity contribution in [3.63, 3.8) is 0 Å². The van der Waals surface area contributed by atoms with Crippen LogP contribution in [0.4, 0.5) is 0 Å². The second-order valence-corrected chi connectivity index (χ2v) is 7.51. The molecule has 0 bridgehead atoms. The molecule has 0 heterocycles. The summed E-state index contributed by atoms with van der Waals surface area (Å²) >= 11 is 0. The van der Waals surface area contributed by atoms with Gasteiger partial charge in [0.1, 0.15) is 18.1 Å². The molecular weight excluding hydrogens is 336 g/mol. The highest BCUT2D eigenvalue weighted by Gasteiger charge is 2.07. The molecule has 0 amide bonds. The maximum Gasteiger partial charge on any atom is 0.148 e. The zero-order valence-corrected chi connectivity index (χ0v) is 17.6. The number of methoxy groups -OCH3 is 1. The summed E-state index contributed by atoms with van der Waals surface area (Å²) in [4.78, 5) is 11.2. The summed E-state index contributed by atoms with van der Waals surface area (Å²) in [5.41, 5.74) is 1.07. The molecular formula is C24H40O3. The third-order valence-corrected chi connectivity index (χ3v) is 5.12. The summed E-state index contributed by atoms with van der Waals surface area (Å²) in [6.45, 7) is 2.75. The molecule has 154 valence electrons. The summed E-state index contributed by atoms with van der Waals surface area (Å²) in [5, 5.41) is 0. The van der Waals surface area contributed by atoms with Crippen molar-refractivity contribution >= 4 is 6.29 Å². The van der Waals surface area contributed by atoms with E-state index in [1.54, 1.807) is 7.11 Å². The molecule has 0 aliphatic rings. The zero-order chi connectivity index (χ0) is 19.6. The Bertz CT molecular complexity index is 455. The van der Waals surface area contributed by atoms with Gasteiger partial charge in [-0.1, -0.05) is 96.1 Å². The van der Waals surface area contributed by atoms with Crippen molar-refractivity contribution in [3.05, 3.63) is 29.8 Å². The second-order valence-electron chi connectivity index (χ2n) is 7.51. The highest BCUT2D eigenvalue weighted by atomic mass is 16.5. The lowest BCUT2D eigenvalue weighted by atomic mass is 10.0. The first-order chi connectivity index (χ1) is 13.3. The molecule has 3 nitrogen and oxygen atoms in total. The minimum atomic E-state index is -0.282. The van der Waals surface area contributed by atoms with Gasteiger partial charge in [0.2, 0.25) is 0 Å². The molecule has 0 radical (unpaired) electrons. The molecule has 0 spiro atoms. The van der Waals surface area contributed by atoms with E-state index in [1.165, 1.54) is 70.6 Å². The number of hydrogen-bond donors (Lipinski definition) is 0. The van der Waals surface area contributed by atoms with Crippen molar-refractivity contribution in [2.24, 2.45) is 0 Å². The molecule has 0 aliphatic heterocycles. The molecule has 0 saturated heterocycles. The van der Waals surface area contributed by atoms with Gasteiger partial charge >= 0.3 is 0 Å². The van der Waals surface area contributed by atoms with Crippen LogP contribution in [0.3, 0.4) is 0 Å². The van der Waals surface area contributed by atoms with Crippen molar-refractivity contribution in [2.45, 2.75) is 103 Å². The Morgan fingerprint density at radius 2 is 1.33 bits per heavy atom. The second kappa shape index (κ2) is 16.8. The summed E-state index contributed by atoms with van der Waals surface area (Å²) in [5.74, 6) is 0.835. The fraction of sp³-hybridized carbons (Fsp3) is 0.708. The highest BCUT2D eigenvalue weighted by Crippen LogP contribution is 2.15. The number of rotatable bonds is 18. The Balaban J connectivity index is 1.96. The Morgan fingerprint density at radius 3 is 1.81 bits per heavy atom.